The molecule has 0 aliphatic heterocycles. The third-order valence-corrected chi connectivity index (χ3v) is 15.0. The molecule has 0 unspecified atom stereocenters. The minimum absolute atomic E-state index is 0.0264. The fraction of sp³-hybridized carbons (Fsp3) is 0.407. The highest BCUT2D eigenvalue weighted by molar-refractivity contribution is 5.83. The van der Waals surface area contributed by atoms with Crippen molar-refractivity contribution < 1.29 is 27.8 Å². The quantitative estimate of drug-likeness (QED) is 0.142. The van der Waals surface area contributed by atoms with Crippen molar-refractivity contribution in [3.63, 3.8) is 0 Å². The number of carbonyl (C=O) groups excluding carboxylic acids is 2. The number of esters is 2. The van der Waals surface area contributed by atoms with Crippen molar-refractivity contribution in [1.82, 2.24) is 9.97 Å². The zero-order valence-electron chi connectivity index (χ0n) is 35.8. The number of nitrogens with zero attached hydrogens (tertiary/aromatic N) is 2. The lowest BCUT2D eigenvalue weighted by molar-refractivity contribution is -0.164. The number of pyridine rings is 2. The molecule has 8 heteroatoms. The maximum atomic E-state index is 13.8. The van der Waals surface area contributed by atoms with E-state index in [-0.39, 0.29) is 58.4 Å². The van der Waals surface area contributed by atoms with Crippen molar-refractivity contribution in [2.75, 3.05) is 0 Å². The summed E-state index contributed by atoms with van der Waals surface area (Å²) in [6.07, 6.45) is 15.8. The molecule has 4 aliphatic carbocycles. The van der Waals surface area contributed by atoms with Crippen LogP contribution in [-0.4, -0.2) is 21.9 Å². The van der Waals surface area contributed by atoms with Crippen molar-refractivity contribution in [3.05, 3.63) is 155 Å². The molecule has 62 heavy (non-hydrogen) atoms. The summed E-state index contributed by atoms with van der Waals surface area (Å²) in [5.74, 6) is 0.388. The molecule has 0 saturated heterocycles. The molecule has 320 valence electrons. The molecule has 2 aromatic heterocycles. The molecule has 0 N–H and O–H groups in total. The van der Waals surface area contributed by atoms with Crippen LogP contribution in [0, 0.1) is 34.3 Å². The number of benzene rings is 4. The van der Waals surface area contributed by atoms with Gasteiger partial charge in [0.2, 0.25) is 0 Å². The largest absolute Gasteiger partial charge is 0.458 e. The molecular weight excluding hydrogens is 779 g/mol. The Hall–Kier alpha value is -5.50. The fourth-order valence-electron chi connectivity index (χ4n) is 11.3. The smallest absolute Gasteiger partial charge is 0.309 e. The van der Waals surface area contributed by atoms with E-state index in [1.54, 1.807) is 24.3 Å². The summed E-state index contributed by atoms with van der Waals surface area (Å²) >= 11 is 0. The number of aromatic nitrogens is 2. The van der Waals surface area contributed by atoms with E-state index >= 15 is 0 Å². The highest BCUT2D eigenvalue weighted by atomic mass is 19.1. The summed E-state index contributed by atoms with van der Waals surface area (Å²) in [6, 6.07) is 33.6. The van der Waals surface area contributed by atoms with E-state index in [4.69, 9.17) is 9.47 Å². The van der Waals surface area contributed by atoms with Crippen molar-refractivity contribution in [1.29, 1.82) is 0 Å². The SMILES string of the molecule is C[C@H](OC(=O)C1CC2(CCC(c3ccnc4ccc(F)cc34)CC2)C1)c1ccccc1.C[C@H](OC(=O)C1CC2(CCC(c3ccnc4ccc(F)cc34)CC2)C1)c1ccccc1. The number of hydrogen-bond donors (Lipinski definition) is 0. The van der Waals surface area contributed by atoms with Crippen LogP contribution in [-0.2, 0) is 19.1 Å². The Morgan fingerprint density at radius 1 is 0.548 bits per heavy atom. The molecule has 6 aromatic rings. The topological polar surface area (TPSA) is 78.4 Å². The number of rotatable bonds is 8. The van der Waals surface area contributed by atoms with Gasteiger partial charge < -0.3 is 9.47 Å². The zero-order chi connectivity index (χ0) is 42.8. The van der Waals surface area contributed by atoms with E-state index < -0.39 is 0 Å². The van der Waals surface area contributed by atoms with Crippen LogP contribution in [0.15, 0.2) is 122 Å². The van der Waals surface area contributed by atoms with Crippen LogP contribution in [0.3, 0.4) is 0 Å². The molecule has 4 aromatic carbocycles. The molecule has 4 fully saturated rings. The number of fused-ring (bicyclic) bond motifs is 2. The van der Waals surface area contributed by atoms with Crippen LogP contribution in [0.4, 0.5) is 8.78 Å². The summed E-state index contributed by atoms with van der Waals surface area (Å²) in [5, 5.41) is 1.88. The fourth-order valence-corrected chi connectivity index (χ4v) is 11.3. The van der Waals surface area contributed by atoms with Gasteiger partial charge in [0, 0.05) is 23.2 Å². The zero-order valence-corrected chi connectivity index (χ0v) is 35.8. The van der Waals surface area contributed by atoms with E-state index in [9.17, 15) is 18.4 Å². The van der Waals surface area contributed by atoms with Crippen LogP contribution < -0.4 is 0 Å². The first kappa shape index (κ1) is 41.8. The maximum Gasteiger partial charge on any atom is 0.309 e. The van der Waals surface area contributed by atoms with Gasteiger partial charge in [0.25, 0.3) is 0 Å². The molecule has 10 rings (SSSR count). The van der Waals surface area contributed by atoms with Crippen molar-refractivity contribution in [2.24, 2.45) is 22.7 Å². The average molecular weight is 835 g/mol. The second-order valence-corrected chi connectivity index (χ2v) is 18.9. The Bertz CT molecular complexity index is 2340. The van der Waals surface area contributed by atoms with Gasteiger partial charge in [0.05, 0.1) is 22.9 Å². The van der Waals surface area contributed by atoms with Gasteiger partial charge in [-0.3, -0.25) is 19.6 Å². The molecular formula is C54H56F2N2O4. The summed E-state index contributed by atoms with van der Waals surface area (Å²) in [4.78, 5) is 34.0. The molecule has 4 aliphatic rings. The highest BCUT2D eigenvalue weighted by Gasteiger charge is 2.51. The number of ether oxygens (including phenoxy) is 2. The predicted octanol–water partition coefficient (Wildman–Crippen LogP) is 13.5. The molecule has 0 amide bonds. The standard InChI is InChI=1S/2C27H28FNO2/c2*1-18(19-5-3-2-4-6-19)31-26(30)21-16-27(17-21)12-9-20(10-13-27)23-11-14-29-25-8-7-22(28)15-24(23)25/h2*2-8,11,14-15,18,20-21H,9-10,12-13,16-17H2,1H3/t2*18-,20?,21?,27?/m00/s1. The Morgan fingerprint density at radius 3 is 1.29 bits per heavy atom. The van der Waals surface area contributed by atoms with Gasteiger partial charge >= 0.3 is 11.9 Å². The highest BCUT2D eigenvalue weighted by Crippen LogP contribution is 2.59. The Kier molecular flexibility index (Phi) is 11.9. The maximum absolute atomic E-state index is 13.8. The molecule has 4 saturated carbocycles. The summed E-state index contributed by atoms with van der Waals surface area (Å²) in [5.41, 5.74) is 6.78. The molecule has 2 spiro atoms. The molecule has 2 heterocycles. The van der Waals surface area contributed by atoms with E-state index in [1.807, 2.05) is 86.9 Å². The van der Waals surface area contributed by atoms with Gasteiger partial charge in [0.15, 0.2) is 0 Å². The van der Waals surface area contributed by atoms with E-state index in [2.05, 4.69) is 22.1 Å². The third kappa shape index (κ3) is 8.89. The molecule has 0 bridgehead atoms. The van der Waals surface area contributed by atoms with Gasteiger partial charge in [-0.2, -0.15) is 0 Å². The Balaban J connectivity index is 0.000000158. The number of hydrogen-bond acceptors (Lipinski definition) is 6. The van der Waals surface area contributed by atoms with Gasteiger partial charge in [-0.15, -0.1) is 0 Å². The van der Waals surface area contributed by atoms with Crippen LogP contribution in [0.2, 0.25) is 0 Å². The Morgan fingerprint density at radius 2 is 0.919 bits per heavy atom. The predicted molar refractivity (Wildman–Crippen MR) is 238 cm³/mol. The first-order chi connectivity index (χ1) is 30.1. The lowest BCUT2D eigenvalue weighted by Gasteiger charge is -2.50. The van der Waals surface area contributed by atoms with Gasteiger partial charge in [-0.25, -0.2) is 8.78 Å². The van der Waals surface area contributed by atoms with Crippen molar-refractivity contribution >= 4 is 33.7 Å². The van der Waals surface area contributed by atoms with E-state index in [0.29, 0.717) is 11.8 Å². The minimum atomic E-state index is -0.209. The first-order valence-corrected chi connectivity index (χ1v) is 22.7. The van der Waals surface area contributed by atoms with Crippen molar-refractivity contribution in [2.45, 2.75) is 115 Å². The minimum Gasteiger partial charge on any atom is -0.458 e. The van der Waals surface area contributed by atoms with E-state index in [0.717, 1.165) is 110 Å². The summed E-state index contributed by atoms with van der Waals surface area (Å²) < 4.78 is 39.1. The van der Waals surface area contributed by atoms with Gasteiger partial charge in [-0.1, -0.05) is 60.7 Å². The molecule has 6 nitrogen and oxygen atoms in total. The second kappa shape index (κ2) is 17.7. The third-order valence-electron chi connectivity index (χ3n) is 15.0. The Labute approximate surface area is 363 Å². The monoisotopic (exact) mass is 834 g/mol. The second-order valence-electron chi connectivity index (χ2n) is 18.9. The molecule has 2 atom stereocenters. The van der Waals surface area contributed by atoms with Gasteiger partial charge in [0.1, 0.15) is 23.8 Å². The molecule has 0 radical (unpaired) electrons. The van der Waals surface area contributed by atoms with Crippen LogP contribution in [0.5, 0.6) is 0 Å². The number of carbonyl (C=O) groups is 2. The normalized spacial score (nSPS) is 26.4. The van der Waals surface area contributed by atoms with Crippen molar-refractivity contribution in [3.8, 4) is 0 Å². The van der Waals surface area contributed by atoms with Crippen LogP contribution >= 0.6 is 0 Å². The summed E-state index contributed by atoms with van der Waals surface area (Å²) in [6.45, 7) is 3.88. The van der Waals surface area contributed by atoms with Crippen LogP contribution in [0.1, 0.15) is 137 Å². The summed E-state index contributed by atoms with van der Waals surface area (Å²) in [7, 11) is 0. The van der Waals surface area contributed by atoms with Gasteiger partial charge in [-0.05, 0) is 184 Å². The van der Waals surface area contributed by atoms with Crippen LogP contribution in [0.25, 0.3) is 21.8 Å². The van der Waals surface area contributed by atoms with E-state index in [1.165, 1.54) is 23.3 Å². The average Bonchev–Trinajstić information content (AvgIpc) is 3.28. The lowest BCUT2D eigenvalue weighted by atomic mass is 9.54. The lowest BCUT2D eigenvalue weighted by Crippen LogP contribution is -2.44. The first-order valence-electron chi connectivity index (χ1n) is 22.7. The number of halogens is 2.